The van der Waals surface area contributed by atoms with Gasteiger partial charge in [-0.05, 0) is 44.5 Å². The number of nitrogens with one attached hydrogen (secondary N) is 1. The molecule has 1 aliphatic heterocycles. The number of nitrogens with zero attached hydrogens (tertiary/aromatic N) is 3. The summed E-state index contributed by atoms with van der Waals surface area (Å²) in [6.45, 7) is 4.82. The van der Waals surface area contributed by atoms with Gasteiger partial charge in [0.05, 0.1) is 44.2 Å². The molecule has 10 heteroatoms. The smallest absolute Gasteiger partial charge is 0.296 e. The van der Waals surface area contributed by atoms with Crippen LogP contribution >= 0.6 is 11.6 Å². The Morgan fingerprint density at radius 1 is 1.42 bits per heavy atom. The predicted molar refractivity (Wildman–Crippen MR) is 124 cm³/mol. The number of amides is 1. The first-order valence-electron chi connectivity index (χ1n) is 10.8. The molecule has 3 heterocycles. The van der Waals surface area contributed by atoms with Crippen molar-refractivity contribution in [3.05, 3.63) is 46.7 Å². The Kier molecular flexibility index (Phi) is 7.02. The SMILES string of the molecule is COc1cc(C(=O)N2CC(C)OCC2CC(C)O)cc2nc(NCc3cc(Cl)ccn3)oc12. The highest BCUT2D eigenvalue weighted by Gasteiger charge is 2.32. The topological polar surface area (TPSA) is 110 Å². The number of benzene rings is 1. The first kappa shape index (κ1) is 23.3. The number of methoxy groups -OCH3 is 1. The summed E-state index contributed by atoms with van der Waals surface area (Å²) >= 11 is 6.01. The molecular weight excluding hydrogens is 448 g/mol. The zero-order valence-corrected chi connectivity index (χ0v) is 19.5. The second kappa shape index (κ2) is 9.94. The van der Waals surface area contributed by atoms with Gasteiger partial charge in [0.1, 0.15) is 5.52 Å². The van der Waals surface area contributed by atoms with Crippen molar-refractivity contribution in [1.82, 2.24) is 14.9 Å². The Balaban J connectivity index is 1.59. The molecule has 2 N–H and O–H groups in total. The van der Waals surface area contributed by atoms with Crippen molar-refractivity contribution in [2.75, 3.05) is 25.6 Å². The third-order valence-electron chi connectivity index (χ3n) is 5.46. The van der Waals surface area contributed by atoms with Crippen molar-refractivity contribution in [3.63, 3.8) is 0 Å². The maximum absolute atomic E-state index is 13.4. The summed E-state index contributed by atoms with van der Waals surface area (Å²) < 4.78 is 17.0. The van der Waals surface area contributed by atoms with Crippen molar-refractivity contribution in [3.8, 4) is 5.75 Å². The van der Waals surface area contributed by atoms with Crippen LogP contribution < -0.4 is 10.1 Å². The van der Waals surface area contributed by atoms with E-state index in [9.17, 15) is 9.90 Å². The molecule has 4 rings (SSSR count). The van der Waals surface area contributed by atoms with Crippen LogP contribution in [0.5, 0.6) is 5.75 Å². The van der Waals surface area contributed by atoms with E-state index >= 15 is 0 Å². The fourth-order valence-corrected chi connectivity index (χ4v) is 4.09. The number of anilines is 1. The zero-order valence-electron chi connectivity index (χ0n) is 18.7. The minimum Gasteiger partial charge on any atom is -0.493 e. The van der Waals surface area contributed by atoms with Crippen LogP contribution in [-0.4, -0.2) is 64.4 Å². The van der Waals surface area contributed by atoms with Crippen LogP contribution in [0.1, 0.15) is 36.3 Å². The maximum atomic E-state index is 13.4. The Labute approximate surface area is 196 Å². The van der Waals surface area contributed by atoms with Gasteiger partial charge in [0.25, 0.3) is 11.9 Å². The van der Waals surface area contributed by atoms with E-state index in [1.165, 1.54) is 7.11 Å². The number of hydrogen-bond donors (Lipinski definition) is 2. The lowest BCUT2D eigenvalue weighted by Gasteiger charge is -2.39. The number of oxazole rings is 1. The number of aliphatic hydroxyl groups is 1. The molecule has 1 aromatic carbocycles. The summed E-state index contributed by atoms with van der Waals surface area (Å²) in [5.74, 6) is 0.238. The van der Waals surface area contributed by atoms with Crippen LogP contribution in [0.15, 0.2) is 34.9 Å². The molecule has 0 aliphatic carbocycles. The molecule has 1 aliphatic rings. The summed E-state index contributed by atoms with van der Waals surface area (Å²) in [5.41, 5.74) is 2.10. The summed E-state index contributed by atoms with van der Waals surface area (Å²) in [4.78, 5) is 23.9. The lowest BCUT2D eigenvalue weighted by atomic mass is 10.0. The molecule has 0 spiro atoms. The van der Waals surface area contributed by atoms with Crippen molar-refractivity contribution in [1.29, 1.82) is 0 Å². The molecule has 33 heavy (non-hydrogen) atoms. The highest BCUT2D eigenvalue weighted by atomic mass is 35.5. The van der Waals surface area contributed by atoms with Crippen molar-refractivity contribution in [2.24, 2.45) is 0 Å². The molecule has 3 aromatic rings. The second-order valence-corrected chi connectivity index (χ2v) is 8.64. The van der Waals surface area contributed by atoms with Gasteiger partial charge >= 0.3 is 0 Å². The molecule has 3 atom stereocenters. The molecule has 0 bridgehead atoms. The van der Waals surface area contributed by atoms with Gasteiger partial charge in [0.2, 0.25) is 0 Å². The van der Waals surface area contributed by atoms with E-state index in [2.05, 4.69) is 15.3 Å². The quantitative estimate of drug-likeness (QED) is 0.535. The molecule has 1 amide bonds. The minimum atomic E-state index is -0.544. The number of hydrogen-bond acceptors (Lipinski definition) is 8. The number of ether oxygens (including phenoxy) is 2. The standard InChI is InChI=1S/C23H27ClN4O5/c1-13(29)6-18-12-32-14(2)11-28(18)22(30)15-7-19-21(20(8-15)31-3)33-23(27-19)26-10-17-9-16(24)4-5-25-17/h4-5,7-9,13-14,18,29H,6,10-12H2,1-3H3,(H,26,27). The minimum absolute atomic E-state index is 0.0900. The van der Waals surface area contributed by atoms with Gasteiger partial charge in [-0.3, -0.25) is 9.78 Å². The lowest BCUT2D eigenvalue weighted by Crippen LogP contribution is -2.52. The summed E-state index contributed by atoms with van der Waals surface area (Å²) in [6, 6.07) is 6.86. The van der Waals surface area contributed by atoms with Crippen LogP contribution in [0.2, 0.25) is 5.02 Å². The number of fused-ring (bicyclic) bond motifs is 1. The largest absolute Gasteiger partial charge is 0.493 e. The van der Waals surface area contributed by atoms with E-state index in [0.717, 1.165) is 5.69 Å². The molecule has 1 saturated heterocycles. The van der Waals surface area contributed by atoms with Crippen LogP contribution in [0, 0.1) is 0 Å². The van der Waals surface area contributed by atoms with Gasteiger partial charge in [0, 0.05) is 23.3 Å². The predicted octanol–water partition coefficient (Wildman–Crippen LogP) is 3.50. The number of aliphatic hydroxyl groups excluding tert-OH is 1. The average Bonchev–Trinajstić information content (AvgIpc) is 3.20. The molecule has 1 fully saturated rings. The molecular formula is C23H27ClN4O5. The molecule has 3 unspecified atom stereocenters. The van der Waals surface area contributed by atoms with Gasteiger partial charge in [-0.2, -0.15) is 4.98 Å². The van der Waals surface area contributed by atoms with E-state index < -0.39 is 6.10 Å². The number of halogens is 1. The van der Waals surface area contributed by atoms with Gasteiger partial charge in [0.15, 0.2) is 11.3 Å². The van der Waals surface area contributed by atoms with Gasteiger partial charge in [-0.25, -0.2) is 0 Å². The third-order valence-corrected chi connectivity index (χ3v) is 5.70. The van der Waals surface area contributed by atoms with Crippen molar-refractivity contribution < 1.29 is 23.8 Å². The molecule has 0 radical (unpaired) electrons. The number of rotatable bonds is 7. The Morgan fingerprint density at radius 3 is 2.97 bits per heavy atom. The Hall–Kier alpha value is -2.88. The maximum Gasteiger partial charge on any atom is 0.296 e. The van der Waals surface area contributed by atoms with E-state index in [-0.39, 0.29) is 24.1 Å². The average molecular weight is 475 g/mol. The van der Waals surface area contributed by atoms with E-state index in [1.54, 1.807) is 42.3 Å². The Morgan fingerprint density at radius 2 is 2.24 bits per heavy atom. The summed E-state index contributed by atoms with van der Waals surface area (Å²) in [5, 5.41) is 13.5. The van der Waals surface area contributed by atoms with Crippen molar-refractivity contribution in [2.45, 2.75) is 45.1 Å². The monoisotopic (exact) mass is 474 g/mol. The van der Waals surface area contributed by atoms with Crippen LogP contribution in [-0.2, 0) is 11.3 Å². The van der Waals surface area contributed by atoms with E-state index in [1.807, 2.05) is 6.92 Å². The fourth-order valence-electron chi connectivity index (χ4n) is 3.91. The normalized spacial score (nSPS) is 19.5. The number of carbonyl (C=O) groups excluding carboxylic acids is 1. The van der Waals surface area contributed by atoms with Crippen LogP contribution in [0.4, 0.5) is 6.01 Å². The highest BCUT2D eigenvalue weighted by molar-refractivity contribution is 6.30. The van der Waals surface area contributed by atoms with Gasteiger partial charge in [-0.1, -0.05) is 11.6 Å². The van der Waals surface area contributed by atoms with Gasteiger partial charge in [-0.15, -0.1) is 0 Å². The third kappa shape index (κ3) is 5.38. The molecule has 9 nitrogen and oxygen atoms in total. The molecule has 0 saturated carbocycles. The van der Waals surface area contributed by atoms with E-state index in [0.29, 0.717) is 53.6 Å². The number of carbonyl (C=O) groups is 1. The summed E-state index contributed by atoms with van der Waals surface area (Å²) in [7, 11) is 1.52. The van der Waals surface area contributed by atoms with Crippen molar-refractivity contribution >= 4 is 34.6 Å². The number of aromatic nitrogens is 2. The van der Waals surface area contributed by atoms with E-state index in [4.69, 9.17) is 25.5 Å². The number of pyridine rings is 1. The van der Waals surface area contributed by atoms with Crippen LogP contribution in [0.25, 0.3) is 11.1 Å². The lowest BCUT2D eigenvalue weighted by molar-refractivity contribution is -0.0535. The molecule has 2 aromatic heterocycles. The Bertz CT molecular complexity index is 1140. The van der Waals surface area contributed by atoms with Gasteiger partial charge < -0.3 is 29.2 Å². The molecule has 176 valence electrons. The first-order valence-corrected chi connectivity index (χ1v) is 11.2. The zero-order chi connectivity index (χ0) is 23.5. The summed E-state index contributed by atoms with van der Waals surface area (Å²) in [6.07, 6.45) is 1.43. The first-order chi connectivity index (χ1) is 15.8. The highest BCUT2D eigenvalue weighted by Crippen LogP contribution is 2.31. The van der Waals surface area contributed by atoms with Crippen LogP contribution in [0.3, 0.4) is 0 Å². The fraction of sp³-hybridized carbons (Fsp3) is 0.435. The number of morpholine rings is 1. The second-order valence-electron chi connectivity index (χ2n) is 8.20.